The first-order chi connectivity index (χ1) is 10.3. The highest BCUT2D eigenvalue weighted by atomic mass is 32.1. The van der Waals surface area contributed by atoms with E-state index in [2.05, 4.69) is 22.1 Å². The van der Waals surface area contributed by atoms with Crippen LogP contribution in [0.4, 0.5) is 11.4 Å². The summed E-state index contributed by atoms with van der Waals surface area (Å²) in [5, 5.41) is 9.49. The third-order valence-corrected chi connectivity index (χ3v) is 4.69. The number of rotatable bonds is 2. The average Bonchev–Trinajstić information content (AvgIpc) is 3.14. The molecule has 2 N–H and O–H groups in total. The van der Waals surface area contributed by atoms with Gasteiger partial charge in [0.25, 0.3) is 5.91 Å². The van der Waals surface area contributed by atoms with Gasteiger partial charge in [-0.25, -0.2) is 0 Å². The van der Waals surface area contributed by atoms with E-state index >= 15 is 0 Å². The Morgan fingerprint density at radius 3 is 3.05 bits per heavy atom. The zero-order valence-corrected chi connectivity index (χ0v) is 12.2. The number of hydrogen-bond acceptors (Lipinski definition) is 3. The van der Waals surface area contributed by atoms with Gasteiger partial charge in [-0.3, -0.25) is 4.79 Å². The predicted octanol–water partition coefficient (Wildman–Crippen LogP) is 4.12. The lowest BCUT2D eigenvalue weighted by Gasteiger charge is -2.07. The standard InChI is InChI=1S/C17H14N2OS/c20-17(13-2-1-11-5-7-18-15(11)10-13)19-14-3-4-16-12(9-14)6-8-21-16/h1-4,6,8-10,18H,5,7H2,(H,19,20). The zero-order chi connectivity index (χ0) is 14.2. The summed E-state index contributed by atoms with van der Waals surface area (Å²) in [5.41, 5.74) is 3.88. The summed E-state index contributed by atoms with van der Waals surface area (Å²) >= 11 is 1.70. The zero-order valence-electron chi connectivity index (χ0n) is 11.3. The monoisotopic (exact) mass is 294 g/mol. The summed E-state index contributed by atoms with van der Waals surface area (Å²) < 4.78 is 1.23. The predicted molar refractivity (Wildman–Crippen MR) is 88.4 cm³/mol. The van der Waals surface area contributed by atoms with Crippen molar-refractivity contribution in [3.05, 3.63) is 59.0 Å². The maximum Gasteiger partial charge on any atom is 0.255 e. The first-order valence-electron chi connectivity index (χ1n) is 6.95. The van der Waals surface area contributed by atoms with Gasteiger partial charge in [0.05, 0.1) is 0 Å². The van der Waals surface area contributed by atoms with E-state index < -0.39 is 0 Å². The Labute approximate surface area is 126 Å². The Hall–Kier alpha value is -2.33. The van der Waals surface area contributed by atoms with Crippen LogP contribution in [-0.2, 0) is 6.42 Å². The summed E-state index contributed by atoms with van der Waals surface area (Å²) in [6, 6.07) is 13.9. The van der Waals surface area contributed by atoms with E-state index in [0.29, 0.717) is 5.56 Å². The van der Waals surface area contributed by atoms with Crippen LogP contribution in [0.15, 0.2) is 47.8 Å². The molecule has 21 heavy (non-hydrogen) atoms. The molecule has 2 heterocycles. The maximum atomic E-state index is 12.4. The van der Waals surface area contributed by atoms with Crippen LogP contribution in [0.25, 0.3) is 10.1 Å². The number of nitrogens with one attached hydrogen (secondary N) is 2. The lowest BCUT2D eigenvalue weighted by Crippen LogP contribution is -2.11. The minimum atomic E-state index is -0.0684. The highest BCUT2D eigenvalue weighted by Gasteiger charge is 2.13. The van der Waals surface area contributed by atoms with E-state index in [0.717, 1.165) is 29.7 Å². The molecule has 0 saturated heterocycles. The van der Waals surface area contributed by atoms with Crippen LogP contribution in [0.1, 0.15) is 15.9 Å². The van der Waals surface area contributed by atoms with E-state index in [1.54, 1.807) is 11.3 Å². The van der Waals surface area contributed by atoms with Crippen LogP contribution >= 0.6 is 11.3 Å². The molecule has 2 aromatic carbocycles. The molecule has 0 saturated carbocycles. The topological polar surface area (TPSA) is 41.1 Å². The van der Waals surface area contributed by atoms with Gasteiger partial charge >= 0.3 is 0 Å². The molecular weight excluding hydrogens is 280 g/mol. The Morgan fingerprint density at radius 1 is 1.14 bits per heavy atom. The van der Waals surface area contributed by atoms with Gasteiger partial charge in [-0.05, 0) is 59.1 Å². The molecule has 1 aliphatic heterocycles. The minimum Gasteiger partial charge on any atom is -0.384 e. The van der Waals surface area contributed by atoms with Crippen LogP contribution in [0.2, 0.25) is 0 Å². The molecule has 0 unspecified atom stereocenters. The fourth-order valence-corrected chi connectivity index (χ4v) is 3.45. The van der Waals surface area contributed by atoms with Crippen LogP contribution in [0.3, 0.4) is 0 Å². The maximum absolute atomic E-state index is 12.4. The molecule has 0 radical (unpaired) electrons. The van der Waals surface area contributed by atoms with E-state index in [9.17, 15) is 4.79 Å². The largest absolute Gasteiger partial charge is 0.384 e. The molecule has 4 heteroatoms. The van der Waals surface area contributed by atoms with E-state index in [4.69, 9.17) is 0 Å². The highest BCUT2D eigenvalue weighted by Crippen LogP contribution is 2.26. The first-order valence-corrected chi connectivity index (χ1v) is 7.83. The summed E-state index contributed by atoms with van der Waals surface area (Å²) in [5.74, 6) is -0.0684. The van der Waals surface area contributed by atoms with Crippen molar-refractivity contribution < 1.29 is 4.79 Å². The molecule has 104 valence electrons. The Bertz CT molecular complexity index is 838. The third kappa shape index (κ3) is 2.28. The Balaban J connectivity index is 1.59. The van der Waals surface area contributed by atoms with E-state index in [1.165, 1.54) is 10.3 Å². The molecule has 4 rings (SSSR count). The van der Waals surface area contributed by atoms with Gasteiger partial charge in [0.1, 0.15) is 0 Å². The molecule has 3 nitrogen and oxygen atoms in total. The van der Waals surface area contributed by atoms with Crippen molar-refractivity contribution in [3.63, 3.8) is 0 Å². The molecule has 1 aliphatic rings. The lowest BCUT2D eigenvalue weighted by molar-refractivity contribution is 0.102. The normalized spacial score (nSPS) is 13.0. The average molecular weight is 294 g/mol. The van der Waals surface area contributed by atoms with Crippen molar-refractivity contribution >= 4 is 38.7 Å². The number of carbonyl (C=O) groups excluding carboxylic acids is 1. The number of amides is 1. The van der Waals surface area contributed by atoms with Gasteiger partial charge in [0.15, 0.2) is 0 Å². The second kappa shape index (κ2) is 4.90. The van der Waals surface area contributed by atoms with Crippen LogP contribution in [-0.4, -0.2) is 12.5 Å². The van der Waals surface area contributed by atoms with Crippen molar-refractivity contribution in [1.82, 2.24) is 0 Å². The second-order valence-electron chi connectivity index (χ2n) is 5.18. The quantitative estimate of drug-likeness (QED) is 0.746. The molecule has 0 spiro atoms. The molecule has 0 atom stereocenters. The molecule has 0 fully saturated rings. The van der Waals surface area contributed by atoms with Crippen molar-refractivity contribution in [2.75, 3.05) is 17.2 Å². The van der Waals surface area contributed by atoms with Crippen molar-refractivity contribution in [1.29, 1.82) is 0 Å². The Morgan fingerprint density at radius 2 is 2.10 bits per heavy atom. The summed E-state index contributed by atoms with van der Waals surface area (Å²) in [6.07, 6.45) is 1.03. The summed E-state index contributed by atoms with van der Waals surface area (Å²) in [6.45, 7) is 0.954. The van der Waals surface area contributed by atoms with Crippen LogP contribution in [0, 0.1) is 0 Å². The number of thiophene rings is 1. The lowest BCUT2D eigenvalue weighted by atomic mass is 10.1. The SMILES string of the molecule is O=C(Nc1ccc2sccc2c1)c1ccc2c(c1)NCC2. The smallest absolute Gasteiger partial charge is 0.255 e. The molecule has 3 aromatic rings. The number of benzene rings is 2. The third-order valence-electron chi connectivity index (χ3n) is 3.79. The van der Waals surface area contributed by atoms with E-state index in [1.807, 2.05) is 36.4 Å². The van der Waals surface area contributed by atoms with Crippen molar-refractivity contribution in [3.8, 4) is 0 Å². The number of hydrogen-bond donors (Lipinski definition) is 2. The first kappa shape index (κ1) is 12.4. The molecule has 1 amide bonds. The number of carbonyl (C=O) groups is 1. The van der Waals surface area contributed by atoms with Crippen LogP contribution in [0.5, 0.6) is 0 Å². The summed E-state index contributed by atoms with van der Waals surface area (Å²) in [7, 11) is 0. The fourth-order valence-electron chi connectivity index (χ4n) is 2.68. The second-order valence-corrected chi connectivity index (χ2v) is 6.12. The molecule has 0 aliphatic carbocycles. The molecule has 0 bridgehead atoms. The molecule has 1 aromatic heterocycles. The van der Waals surface area contributed by atoms with Gasteiger partial charge < -0.3 is 10.6 Å². The Kier molecular flexibility index (Phi) is 2.89. The van der Waals surface area contributed by atoms with Gasteiger partial charge in [-0.1, -0.05) is 6.07 Å². The fraction of sp³-hybridized carbons (Fsp3) is 0.118. The number of fused-ring (bicyclic) bond motifs is 2. The van der Waals surface area contributed by atoms with E-state index in [-0.39, 0.29) is 5.91 Å². The van der Waals surface area contributed by atoms with Crippen molar-refractivity contribution in [2.45, 2.75) is 6.42 Å². The van der Waals surface area contributed by atoms with Gasteiger partial charge in [-0.2, -0.15) is 0 Å². The molecular formula is C17H14N2OS. The minimum absolute atomic E-state index is 0.0684. The van der Waals surface area contributed by atoms with Gasteiger partial charge in [-0.15, -0.1) is 11.3 Å². The highest BCUT2D eigenvalue weighted by molar-refractivity contribution is 7.17. The van der Waals surface area contributed by atoms with Gasteiger partial charge in [0.2, 0.25) is 0 Å². The van der Waals surface area contributed by atoms with Gasteiger partial charge in [0, 0.05) is 28.2 Å². The van der Waals surface area contributed by atoms with Crippen molar-refractivity contribution in [2.24, 2.45) is 0 Å². The summed E-state index contributed by atoms with van der Waals surface area (Å²) in [4.78, 5) is 12.4. The van der Waals surface area contributed by atoms with Crippen LogP contribution < -0.4 is 10.6 Å². The number of anilines is 2.